The molecule has 0 atom stereocenters. The second-order valence-corrected chi connectivity index (χ2v) is 17.6. The molecule has 69 heavy (non-hydrogen) atoms. The molecule has 34 heteroatoms. The van der Waals surface area contributed by atoms with Crippen molar-refractivity contribution in [2.24, 2.45) is 20.5 Å². The van der Waals surface area contributed by atoms with Crippen molar-refractivity contribution in [3.8, 4) is 11.5 Å². The standard InChI is InChI=1S/C35H18Cl5N12O12S2.3Na/c36-17-8-15(51(55)56)9-18(37)27(17)47-49-29-24(66(62,63)64)6-13-4-14(7-21(41)25(13)31(29)53)42-34-44-33(40)45-35(46-34)43-22-3-1-2-12-5-23(65(59,60)61)30(32(54)26(12)22)50-48-28-19(38)10-16(52(57)58)11-20(28)39;;;/h2-11,53-54H,41H2,(H,59,60,61)(H,62,63,64)(H2,42,43,44,45,46);;;/q-1;3*+1/p-2. The molecule has 0 radical (unpaired) electrons. The molecule has 1 heterocycles. The van der Waals surface area contributed by atoms with Crippen LogP contribution >= 0.6 is 58.0 Å². The van der Waals surface area contributed by atoms with Crippen molar-refractivity contribution in [3.63, 3.8) is 0 Å². The number of nitrogen functional groups attached to an aromatic ring is 1. The van der Waals surface area contributed by atoms with E-state index in [4.69, 9.17) is 63.7 Å². The number of non-ortho nitro benzene ring substituents is 2. The van der Waals surface area contributed by atoms with Crippen LogP contribution < -0.4 is 105 Å². The van der Waals surface area contributed by atoms with Gasteiger partial charge in [0.25, 0.3) is 11.4 Å². The molecule has 6 aromatic carbocycles. The molecule has 0 aliphatic rings. The fourth-order valence-corrected chi connectivity index (χ4v) is 8.57. The maximum Gasteiger partial charge on any atom is 1.00 e. The maximum absolute atomic E-state index is 12.4. The number of benzene rings is 6. The molecule has 0 aliphatic carbocycles. The Kier molecular flexibility index (Phi) is 19.0. The molecule has 0 spiro atoms. The predicted octanol–water partition coefficient (Wildman–Crippen LogP) is 1.19. The van der Waals surface area contributed by atoms with Gasteiger partial charge in [0, 0.05) is 41.0 Å². The molecule has 24 nitrogen and oxygen atoms in total. The van der Waals surface area contributed by atoms with Gasteiger partial charge in [0.15, 0.2) is 5.75 Å². The number of hydrogen-bond donors (Lipinski definition) is 5. The zero-order valence-electron chi connectivity index (χ0n) is 34.6. The quantitative estimate of drug-likeness (QED) is 0.0218. The van der Waals surface area contributed by atoms with Crippen LogP contribution in [-0.2, 0) is 20.2 Å². The second kappa shape index (κ2) is 22.7. The smallest absolute Gasteiger partial charge is 0.744 e. The van der Waals surface area contributed by atoms with Crippen molar-refractivity contribution in [2.45, 2.75) is 9.79 Å². The van der Waals surface area contributed by atoms with Crippen molar-refractivity contribution >= 4 is 163 Å². The van der Waals surface area contributed by atoms with Crippen molar-refractivity contribution < 1.29 is 135 Å². The van der Waals surface area contributed by atoms with Crippen LogP contribution in [0.25, 0.3) is 21.5 Å². The zero-order valence-corrected chi connectivity index (χ0v) is 46.0. The molecule has 0 aliphatic heterocycles. The molecule has 0 saturated heterocycles. The van der Waals surface area contributed by atoms with E-state index in [9.17, 15) is 56.4 Å². The third-order valence-electron chi connectivity index (χ3n) is 8.76. The third kappa shape index (κ3) is 12.6. The van der Waals surface area contributed by atoms with E-state index in [2.05, 4.69) is 52.1 Å². The molecule has 6 N–H and O–H groups in total. The zero-order chi connectivity index (χ0) is 48.2. The van der Waals surface area contributed by atoms with Gasteiger partial charge in [-0.15, -0.1) is 25.8 Å². The Hall–Kier alpha value is -3.88. The summed E-state index contributed by atoms with van der Waals surface area (Å²) in [6, 6.07) is 12.9. The molecule has 0 amide bonds. The van der Waals surface area contributed by atoms with Crippen LogP contribution in [0.5, 0.6) is 11.5 Å². The molecule has 0 bridgehead atoms. The summed E-state index contributed by atoms with van der Waals surface area (Å²) in [5.41, 5.74) is 2.49. The van der Waals surface area contributed by atoms with Crippen LogP contribution in [0.15, 0.2) is 90.9 Å². The van der Waals surface area contributed by atoms with Gasteiger partial charge in [0.1, 0.15) is 48.7 Å². The number of halogens is 5. The summed E-state index contributed by atoms with van der Waals surface area (Å²) >= 11 is 30.6. The number of anilines is 5. The number of phenolic OH excluding ortho intramolecular Hbond substituents is 2. The van der Waals surface area contributed by atoms with Gasteiger partial charge < -0.3 is 35.7 Å². The number of rotatable bonds is 12. The van der Waals surface area contributed by atoms with Gasteiger partial charge >= 0.3 is 88.7 Å². The minimum Gasteiger partial charge on any atom is -0.744 e. The van der Waals surface area contributed by atoms with Gasteiger partial charge in [0.2, 0.25) is 17.2 Å². The number of azo groups is 2. The van der Waals surface area contributed by atoms with Crippen LogP contribution in [-0.4, -0.2) is 61.0 Å². The summed E-state index contributed by atoms with van der Waals surface area (Å²) in [6.45, 7) is 0. The Morgan fingerprint density at radius 3 is 1.46 bits per heavy atom. The van der Waals surface area contributed by atoms with E-state index in [-0.39, 0.29) is 171 Å². The largest absolute Gasteiger partial charge is 1.00 e. The molecule has 7 rings (SSSR count). The second-order valence-electron chi connectivity index (χ2n) is 13.0. The number of fused-ring (bicyclic) bond motifs is 2. The molecule has 0 fully saturated rings. The normalized spacial score (nSPS) is 11.6. The number of hydrogen-bond acceptors (Lipinski definition) is 22. The van der Waals surface area contributed by atoms with Crippen LogP contribution in [0.1, 0.15) is 0 Å². The van der Waals surface area contributed by atoms with Crippen LogP contribution in [0.3, 0.4) is 0 Å². The summed E-state index contributed by atoms with van der Waals surface area (Å²) in [4.78, 5) is 30.9. The van der Waals surface area contributed by atoms with E-state index in [0.717, 1.165) is 36.4 Å². The average Bonchev–Trinajstić information content (AvgIpc) is 3.20. The predicted molar refractivity (Wildman–Crippen MR) is 236 cm³/mol. The van der Waals surface area contributed by atoms with Gasteiger partial charge in [-0.2, -0.15) is 33.2 Å². The summed E-state index contributed by atoms with van der Waals surface area (Å²) in [5, 5.41) is 62.9. The Labute approximate surface area is 477 Å². The summed E-state index contributed by atoms with van der Waals surface area (Å²) in [7, 11) is -10.8. The van der Waals surface area contributed by atoms with E-state index in [1.807, 2.05) is 0 Å². The topological polar surface area (TPSA) is 379 Å². The summed E-state index contributed by atoms with van der Waals surface area (Å²) < 4.78 is 74.4. The van der Waals surface area contributed by atoms with Gasteiger partial charge in [-0.3, -0.25) is 20.2 Å². The van der Waals surface area contributed by atoms with Gasteiger partial charge in [-0.25, -0.2) is 16.8 Å². The van der Waals surface area contributed by atoms with Crippen molar-refractivity contribution in [1.29, 1.82) is 0 Å². The SMILES string of the molecule is Nc1cc(Nc2nc(Cl)nc(Nc3c[c-]cc4cc(S(=O)(=O)[O-])c(N=Nc5c(Cl)cc([N+](=O)[O-])cc5Cl)c(O)c34)n2)cc2cc(S(=O)(=O)[O-])c(N=Nc3c(Cl)cc([N+](=O)[O-])cc3Cl)c(O)c12.[Na+].[Na+].[Na+]. The van der Waals surface area contributed by atoms with E-state index in [1.165, 1.54) is 24.3 Å². The van der Waals surface area contributed by atoms with E-state index >= 15 is 0 Å². The van der Waals surface area contributed by atoms with E-state index in [1.54, 1.807) is 0 Å². The van der Waals surface area contributed by atoms with Crippen LogP contribution in [0.2, 0.25) is 25.4 Å². The number of phenols is 2. The molecule has 0 unspecified atom stereocenters. The summed E-state index contributed by atoms with van der Waals surface area (Å²) in [6.07, 6.45) is 0. The average molecular weight is 1110 g/mol. The Balaban J connectivity index is 0.00000346. The molecule has 7 aromatic rings. The molecule has 0 saturated carbocycles. The number of nitrogens with one attached hydrogen (secondary N) is 2. The van der Waals surface area contributed by atoms with E-state index < -0.39 is 79.4 Å². The molecule has 338 valence electrons. The molecular weight excluding hydrogens is 1090 g/mol. The van der Waals surface area contributed by atoms with Crippen LogP contribution in [0, 0.1) is 26.3 Å². The Morgan fingerprint density at radius 1 is 0.594 bits per heavy atom. The van der Waals surface area contributed by atoms with Gasteiger partial charge in [0.05, 0.1) is 39.7 Å². The first-order valence-electron chi connectivity index (χ1n) is 17.2. The number of nitrogens with two attached hydrogens (primary N) is 1. The number of nitro groups is 2. The van der Waals surface area contributed by atoms with Gasteiger partial charge in [-0.05, 0) is 35.2 Å². The van der Waals surface area contributed by atoms with E-state index in [0.29, 0.717) is 0 Å². The third-order valence-corrected chi connectivity index (χ3v) is 11.8. The number of nitro benzene ring substituents is 2. The first-order valence-corrected chi connectivity index (χ1v) is 21.9. The minimum absolute atomic E-state index is 0. The first kappa shape index (κ1) is 57.7. The van der Waals surface area contributed by atoms with Crippen molar-refractivity contribution in [1.82, 2.24) is 15.0 Å². The minimum atomic E-state index is -5.42. The molecular formula is C35H16Cl5N12Na3O12S2. The van der Waals surface area contributed by atoms with Gasteiger partial charge in [-0.1, -0.05) is 63.5 Å². The fraction of sp³-hybridized carbons (Fsp3) is 0. The maximum atomic E-state index is 12.4. The Bertz CT molecular complexity index is 3540. The summed E-state index contributed by atoms with van der Waals surface area (Å²) in [5.74, 6) is -2.48. The first-order chi connectivity index (χ1) is 30.9. The Morgan fingerprint density at radius 2 is 1.01 bits per heavy atom. The van der Waals surface area contributed by atoms with Crippen molar-refractivity contribution in [2.75, 3.05) is 16.4 Å². The molecule has 1 aromatic heterocycles. The van der Waals surface area contributed by atoms with Crippen molar-refractivity contribution in [3.05, 3.63) is 112 Å². The number of nitrogens with zero attached hydrogens (tertiary/aromatic N) is 9. The number of aromatic nitrogens is 3. The monoisotopic (exact) mass is 1100 g/mol. The number of aromatic hydroxyl groups is 2. The fourth-order valence-electron chi connectivity index (χ4n) is 6.02. The van der Waals surface area contributed by atoms with Crippen LogP contribution in [0.4, 0.5) is 63.1 Å².